The van der Waals surface area contributed by atoms with Crippen LogP contribution in [0.2, 0.25) is 0 Å². The molecule has 0 radical (unpaired) electrons. The zero-order valence-electron chi connectivity index (χ0n) is 27.0. The van der Waals surface area contributed by atoms with Crippen LogP contribution in [0.25, 0.3) is 11.1 Å². The predicted molar refractivity (Wildman–Crippen MR) is 168 cm³/mol. The van der Waals surface area contributed by atoms with E-state index in [1.807, 2.05) is 11.0 Å². The Morgan fingerprint density at radius 2 is 1.79 bits per heavy atom. The first-order chi connectivity index (χ1) is 22.5. The Morgan fingerprint density at radius 1 is 1.10 bits per heavy atom. The number of nitriles is 1. The maximum atomic E-state index is 15.8. The molecular formula is C35H37F5N4O4. The molecule has 8 nitrogen and oxygen atoms in total. The molecule has 2 aromatic carbocycles. The quantitative estimate of drug-likeness (QED) is 0.213. The Balaban J connectivity index is 1.80. The number of halogens is 5. The number of aliphatic carboxylic acids is 1. The molecule has 0 bridgehead atoms. The number of hydrogen-bond acceptors (Lipinski definition) is 5. The smallest absolute Gasteiger partial charge is 0.416 e. The molecule has 1 aromatic heterocycles. The number of carboxylic acids is 1. The van der Waals surface area contributed by atoms with E-state index in [2.05, 4.69) is 5.32 Å². The second-order valence-electron chi connectivity index (χ2n) is 12.6. The number of pyridine rings is 1. The Hall–Kier alpha value is -4.57. The summed E-state index contributed by atoms with van der Waals surface area (Å²) in [5, 5.41) is 22.0. The Bertz CT molecular complexity index is 1810. The normalized spacial score (nSPS) is 14.7. The fourth-order valence-electron chi connectivity index (χ4n) is 6.00. The van der Waals surface area contributed by atoms with Gasteiger partial charge in [0, 0.05) is 29.9 Å². The van der Waals surface area contributed by atoms with Crippen LogP contribution in [0.5, 0.6) is 0 Å². The van der Waals surface area contributed by atoms with Gasteiger partial charge in [-0.05, 0) is 98.6 Å². The summed E-state index contributed by atoms with van der Waals surface area (Å²) in [5.41, 5.74) is -1.97. The van der Waals surface area contributed by atoms with E-state index in [0.29, 0.717) is 12.6 Å². The maximum Gasteiger partial charge on any atom is 0.416 e. The molecule has 2 atom stereocenters. The molecule has 3 aromatic rings. The number of carboxylic acid groups (broad SMARTS) is 1. The number of hydrogen-bond donors (Lipinski definition) is 2. The summed E-state index contributed by atoms with van der Waals surface area (Å²) in [7, 11) is 0. The van der Waals surface area contributed by atoms with E-state index in [1.165, 1.54) is 32.0 Å². The molecule has 1 aliphatic heterocycles. The Morgan fingerprint density at radius 3 is 2.35 bits per heavy atom. The summed E-state index contributed by atoms with van der Waals surface area (Å²) in [4.78, 5) is 41.1. The third-order valence-electron chi connectivity index (χ3n) is 8.61. The lowest BCUT2D eigenvalue weighted by molar-refractivity contribution is -0.139. The highest BCUT2D eigenvalue weighted by atomic mass is 19.4. The van der Waals surface area contributed by atoms with Crippen molar-refractivity contribution < 1.29 is 36.6 Å². The van der Waals surface area contributed by atoms with Gasteiger partial charge in [0.15, 0.2) is 0 Å². The number of nitrogens with zero attached hydrogens (tertiary/aromatic N) is 3. The second-order valence-corrected chi connectivity index (χ2v) is 12.6. The van der Waals surface area contributed by atoms with E-state index >= 15 is 4.39 Å². The van der Waals surface area contributed by atoms with Gasteiger partial charge in [0.2, 0.25) is 5.91 Å². The van der Waals surface area contributed by atoms with E-state index in [0.717, 1.165) is 36.3 Å². The molecule has 256 valence electrons. The number of alkyl halides is 3. The lowest BCUT2D eigenvalue weighted by atomic mass is 9.90. The molecule has 13 heteroatoms. The maximum absolute atomic E-state index is 15.8. The minimum Gasteiger partial charge on any atom is -0.481 e. The molecule has 1 saturated heterocycles. The van der Waals surface area contributed by atoms with Gasteiger partial charge in [-0.25, -0.2) is 8.78 Å². The van der Waals surface area contributed by atoms with Gasteiger partial charge in [-0.3, -0.25) is 14.4 Å². The highest BCUT2D eigenvalue weighted by Gasteiger charge is 2.36. The van der Waals surface area contributed by atoms with Gasteiger partial charge in [0.05, 0.1) is 29.7 Å². The molecule has 1 unspecified atom stereocenters. The van der Waals surface area contributed by atoms with E-state index in [4.69, 9.17) is 0 Å². The molecule has 2 heterocycles. The third-order valence-corrected chi connectivity index (χ3v) is 8.61. The van der Waals surface area contributed by atoms with Gasteiger partial charge in [-0.1, -0.05) is 13.8 Å². The molecule has 4 rings (SSSR count). The largest absolute Gasteiger partial charge is 0.481 e. The second kappa shape index (κ2) is 14.7. The summed E-state index contributed by atoms with van der Waals surface area (Å²) < 4.78 is 73.2. The van der Waals surface area contributed by atoms with Gasteiger partial charge in [-0.15, -0.1) is 0 Å². The van der Waals surface area contributed by atoms with Crippen LogP contribution in [-0.4, -0.2) is 46.1 Å². The van der Waals surface area contributed by atoms with Gasteiger partial charge in [0.1, 0.15) is 17.7 Å². The van der Waals surface area contributed by atoms with Crippen LogP contribution in [0.15, 0.2) is 41.3 Å². The zero-order chi connectivity index (χ0) is 35.5. The van der Waals surface area contributed by atoms with Gasteiger partial charge in [0.25, 0.3) is 5.56 Å². The number of nitrogens with one attached hydrogen (secondary N) is 1. The number of rotatable bonds is 12. The number of carbonyl (C=O) groups excluding carboxylic acids is 1. The highest BCUT2D eigenvalue weighted by Crippen LogP contribution is 2.35. The van der Waals surface area contributed by atoms with Crippen LogP contribution in [-0.2, 0) is 22.2 Å². The summed E-state index contributed by atoms with van der Waals surface area (Å²) >= 11 is 0. The standard InChI is InChI=1S/C35H37F5N4O4/c1-19(2)12-29(44-18-23(8-11-43-9-5-10-43)26(15-30(44)45)35(38,39)40)34(48)42-28(16-31(46)47)25-14-24(13-20(3)33(25)37)32-21(4)27(36)7-6-22(32)17-41/h6-7,13-15,18-19,28-29H,5,8-12,16H2,1-4H3,(H,42,48)(H,46,47)/t28-,29?/m0/s1. The number of aryl methyl sites for hydroxylation is 1. The number of aromatic nitrogens is 1. The first-order valence-corrected chi connectivity index (χ1v) is 15.6. The summed E-state index contributed by atoms with van der Waals surface area (Å²) in [6, 6.07) is 4.60. The molecule has 0 saturated carbocycles. The van der Waals surface area contributed by atoms with Crippen molar-refractivity contribution >= 4 is 11.9 Å². The number of likely N-dealkylation sites (tertiary alicyclic amines) is 1. The van der Waals surface area contributed by atoms with Crippen molar-refractivity contribution in [3.8, 4) is 17.2 Å². The molecule has 0 aliphatic carbocycles. The number of carbonyl (C=O) groups is 2. The van der Waals surface area contributed by atoms with E-state index < -0.39 is 59.3 Å². The van der Waals surface area contributed by atoms with E-state index in [9.17, 15) is 42.3 Å². The first kappa shape index (κ1) is 36.3. The van der Waals surface area contributed by atoms with Gasteiger partial charge >= 0.3 is 12.1 Å². The fraction of sp³-hybridized carbons (Fsp3) is 0.429. The van der Waals surface area contributed by atoms with Crippen molar-refractivity contribution in [1.82, 2.24) is 14.8 Å². The van der Waals surface area contributed by atoms with Gasteiger partial charge < -0.3 is 19.9 Å². The summed E-state index contributed by atoms with van der Waals surface area (Å²) in [5.74, 6) is -4.00. The van der Waals surface area contributed by atoms with Crippen molar-refractivity contribution in [3.05, 3.63) is 91.9 Å². The first-order valence-electron chi connectivity index (χ1n) is 15.6. The molecule has 2 N–H and O–H groups in total. The predicted octanol–water partition coefficient (Wildman–Crippen LogP) is 6.47. The van der Waals surface area contributed by atoms with Crippen LogP contribution in [0.1, 0.15) is 78.6 Å². The minimum atomic E-state index is -4.81. The van der Waals surface area contributed by atoms with Crippen LogP contribution in [0, 0.1) is 42.7 Å². The monoisotopic (exact) mass is 672 g/mol. The van der Waals surface area contributed by atoms with Crippen LogP contribution >= 0.6 is 0 Å². The topological polar surface area (TPSA) is 115 Å². The fourth-order valence-corrected chi connectivity index (χ4v) is 6.00. The van der Waals surface area contributed by atoms with Crippen molar-refractivity contribution in [1.29, 1.82) is 5.26 Å². The van der Waals surface area contributed by atoms with Crippen molar-refractivity contribution in [2.75, 3.05) is 19.6 Å². The summed E-state index contributed by atoms with van der Waals surface area (Å²) in [6.07, 6.45) is -3.64. The molecule has 1 aliphatic rings. The molecule has 1 fully saturated rings. The SMILES string of the molecule is Cc1cc(-c2c(C#N)ccc(F)c2C)cc([C@H](CC(=O)O)NC(=O)C(CC(C)C)n2cc(CCN3CCC3)c(C(F)(F)F)cc2=O)c1F. The lowest BCUT2D eigenvalue weighted by Crippen LogP contribution is -2.41. The van der Waals surface area contributed by atoms with Gasteiger partial charge in [-0.2, -0.15) is 18.4 Å². The molecule has 0 spiro atoms. The summed E-state index contributed by atoms with van der Waals surface area (Å²) in [6.45, 7) is 8.15. The van der Waals surface area contributed by atoms with Crippen LogP contribution < -0.4 is 10.9 Å². The van der Waals surface area contributed by atoms with E-state index in [1.54, 1.807) is 13.8 Å². The van der Waals surface area contributed by atoms with E-state index in [-0.39, 0.29) is 57.7 Å². The highest BCUT2D eigenvalue weighted by molar-refractivity contribution is 5.82. The minimum absolute atomic E-state index is 0.00196. The van der Waals surface area contributed by atoms with Crippen molar-refractivity contribution in [2.24, 2.45) is 5.92 Å². The number of amides is 1. The average Bonchev–Trinajstić information content (AvgIpc) is 2.97. The third kappa shape index (κ3) is 8.10. The number of benzene rings is 2. The van der Waals surface area contributed by atoms with Crippen molar-refractivity contribution in [2.45, 2.75) is 71.6 Å². The molecular weight excluding hydrogens is 635 g/mol. The van der Waals surface area contributed by atoms with Crippen LogP contribution in [0.4, 0.5) is 22.0 Å². The Labute approximate surface area is 274 Å². The van der Waals surface area contributed by atoms with Crippen LogP contribution in [0.3, 0.4) is 0 Å². The lowest BCUT2D eigenvalue weighted by Gasteiger charge is -2.31. The Kier molecular flexibility index (Phi) is 11.1. The molecule has 1 amide bonds. The van der Waals surface area contributed by atoms with Crippen molar-refractivity contribution in [3.63, 3.8) is 0 Å². The zero-order valence-corrected chi connectivity index (χ0v) is 27.0. The molecule has 48 heavy (non-hydrogen) atoms. The average molecular weight is 673 g/mol.